The maximum atomic E-state index is 13.2. The number of amides is 1. The van der Waals surface area contributed by atoms with Crippen LogP contribution in [0, 0.1) is 29.9 Å². The van der Waals surface area contributed by atoms with Crippen molar-refractivity contribution in [2.75, 3.05) is 5.32 Å². The fourth-order valence-corrected chi connectivity index (χ4v) is 3.98. The van der Waals surface area contributed by atoms with Gasteiger partial charge in [-0.3, -0.25) is 19.6 Å². The van der Waals surface area contributed by atoms with E-state index in [1.165, 1.54) is 22.9 Å². The van der Waals surface area contributed by atoms with Crippen LogP contribution < -0.4 is 10.1 Å². The monoisotopic (exact) mass is 502 g/mol. The molecule has 0 spiro atoms. The molecule has 1 N–H and O–H groups in total. The van der Waals surface area contributed by atoms with E-state index in [4.69, 9.17) is 4.74 Å². The first-order chi connectivity index (χ1) is 16.9. The Morgan fingerprint density at radius 1 is 1.14 bits per heavy atom. The number of non-ortho nitro benzene ring substituents is 1. The van der Waals surface area contributed by atoms with Crippen molar-refractivity contribution in [3.05, 3.63) is 75.1 Å². The predicted molar refractivity (Wildman–Crippen MR) is 126 cm³/mol. The quantitative estimate of drug-likeness (QED) is 0.285. The maximum Gasteiger partial charge on any atom is 0.435 e. The minimum absolute atomic E-state index is 0.00519. The van der Waals surface area contributed by atoms with Gasteiger partial charge in [-0.2, -0.15) is 18.3 Å². The second-order valence-electron chi connectivity index (χ2n) is 9.20. The number of hydrogen-bond acceptors (Lipinski definition) is 5. The molecule has 0 saturated heterocycles. The summed E-state index contributed by atoms with van der Waals surface area (Å²) in [6, 6.07) is 10.5. The molecule has 36 heavy (non-hydrogen) atoms. The molecule has 1 aromatic heterocycles. The average molecular weight is 502 g/mol. The zero-order valence-electron chi connectivity index (χ0n) is 19.9. The third kappa shape index (κ3) is 6.02. The average Bonchev–Trinajstić information content (AvgIpc) is 3.51. The Balaban J connectivity index is 1.52. The number of carbonyl (C=O) groups excluding carboxylic acids is 1. The first-order valence-corrected chi connectivity index (χ1v) is 11.4. The summed E-state index contributed by atoms with van der Waals surface area (Å²) < 4.78 is 46.6. The van der Waals surface area contributed by atoms with Gasteiger partial charge in [0.05, 0.1) is 29.1 Å². The summed E-state index contributed by atoms with van der Waals surface area (Å²) in [6.07, 6.45) is -3.02. The third-order valence-corrected chi connectivity index (χ3v) is 5.79. The van der Waals surface area contributed by atoms with Crippen LogP contribution in [0.5, 0.6) is 11.5 Å². The van der Waals surface area contributed by atoms with Gasteiger partial charge < -0.3 is 10.1 Å². The number of rotatable bonds is 8. The fourth-order valence-electron chi connectivity index (χ4n) is 3.98. The van der Waals surface area contributed by atoms with E-state index in [9.17, 15) is 28.1 Å². The molecule has 1 saturated carbocycles. The molecule has 0 radical (unpaired) electrons. The number of hydrogen-bond donors (Lipinski definition) is 1. The van der Waals surface area contributed by atoms with E-state index in [0.29, 0.717) is 11.4 Å². The van der Waals surface area contributed by atoms with Gasteiger partial charge >= 0.3 is 6.18 Å². The lowest BCUT2D eigenvalue weighted by atomic mass is 10.1. The molecule has 0 aliphatic heterocycles. The minimum Gasteiger partial charge on any atom is -0.457 e. The number of ether oxygens (including phenoxy) is 1. The van der Waals surface area contributed by atoms with Crippen LogP contribution in [-0.2, 0) is 17.5 Å². The third-order valence-electron chi connectivity index (χ3n) is 5.79. The number of anilines is 1. The van der Waals surface area contributed by atoms with E-state index >= 15 is 0 Å². The van der Waals surface area contributed by atoms with E-state index < -0.39 is 28.6 Å². The predicted octanol–water partition coefficient (Wildman–Crippen LogP) is 6.37. The maximum absolute atomic E-state index is 13.2. The summed E-state index contributed by atoms with van der Waals surface area (Å²) in [6.45, 7) is 5.29. The lowest BCUT2D eigenvalue weighted by molar-refractivity contribution is -0.384. The number of nitro benzene ring substituents is 1. The van der Waals surface area contributed by atoms with Crippen molar-refractivity contribution in [2.45, 2.75) is 52.3 Å². The number of halogens is 3. The number of benzene rings is 2. The highest BCUT2D eigenvalue weighted by molar-refractivity contribution is 5.92. The Morgan fingerprint density at radius 3 is 2.36 bits per heavy atom. The van der Waals surface area contributed by atoms with Gasteiger partial charge in [0.25, 0.3) is 5.69 Å². The molecule has 3 aromatic rings. The second kappa shape index (κ2) is 9.63. The van der Waals surface area contributed by atoms with Gasteiger partial charge in [0.2, 0.25) is 5.91 Å². The summed E-state index contributed by atoms with van der Waals surface area (Å²) >= 11 is 0. The molecule has 2 aromatic carbocycles. The molecular weight excluding hydrogens is 477 g/mol. The molecule has 1 fully saturated rings. The summed E-state index contributed by atoms with van der Waals surface area (Å²) in [5.41, 5.74) is 1.24. The fraction of sp³-hybridized carbons (Fsp3) is 0.360. The summed E-state index contributed by atoms with van der Waals surface area (Å²) in [7, 11) is 0. The molecule has 8 nitrogen and oxygen atoms in total. The second-order valence-corrected chi connectivity index (χ2v) is 9.20. The van der Waals surface area contributed by atoms with Crippen molar-refractivity contribution in [3.63, 3.8) is 0 Å². The number of alkyl halides is 3. The number of aromatic nitrogens is 2. The van der Waals surface area contributed by atoms with Gasteiger partial charge in [0, 0.05) is 23.7 Å². The van der Waals surface area contributed by atoms with Crippen LogP contribution in [0.15, 0.2) is 42.5 Å². The number of aryl methyl sites for hydroxylation is 2. The molecule has 1 aliphatic rings. The van der Waals surface area contributed by atoms with Gasteiger partial charge in [0.1, 0.15) is 11.5 Å². The summed E-state index contributed by atoms with van der Waals surface area (Å²) in [5.74, 6) is -0.615. The Labute approximate surface area is 205 Å². The number of carbonyl (C=O) groups is 1. The van der Waals surface area contributed by atoms with Crippen molar-refractivity contribution in [2.24, 2.45) is 5.92 Å². The van der Waals surface area contributed by atoms with Gasteiger partial charge in [-0.15, -0.1) is 0 Å². The Hall–Kier alpha value is -3.89. The number of nitrogens with one attached hydrogen (secondary N) is 1. The largest absolute Gasteiger partial charge is 0.457 e. The van der Waals surface area contributed by atoms with Crippen LogP contribution >= 0.6 is 0 Å². The van der Waals surface area contributed by atoms with Crippen molar-refractivity contribution in [3.8, 4) is 11.5 Å². The molecule has 1 aliphatic carbocycles. The lowest BCUT2D eigenvalue weighted by Crippen LogP contribution is -2.25. The molecule has 0 bridgehead atoms. The lowest BCUT2D eigenvalue weighted by Gasteiger charge is -2.15. The molecular formula is C25H25F3N4O4. The standard InChI is InChI=1S/C25H25F3N4O4/c1-14-6-15(2)8-20(7-14)36-21-10-18(9-19(11-21)32(34)35)29-24(33)16(3)13-31-22(17-4-5-17)12-23(30-31)25(26,27)28/h6-12,16-17H,4-5,13H2,1-3H3,(H,29,33). The molecule has 4 rings (SSSR count). The van der Waals surface area contributed by atoms with Crippen molar-refractivity contribution >= 4 is 17.3 Å². The Morgan fingerprint density at radius 2 is 1.78 bits per heavy atom. The number of nitrogens with zero attached hydrogens (tertiary/aromatic N) is 3. The minimum atomic E-state index is -4.57. The van der Waals surface area contributed by atoms with Gasteiger partial charge in [-0.05, 0) is 56.0 Å². The van der Waals surface area contributed by atoms with E-state index in [-0.39, 0.29) is 29.6 Å². The van der Waals surface area contributed by atoms with Crippen LogP contribution in [0.4, 0.5) is 24.5 Å². The van der Waals surface area contributed by atoms with Gasteiger partial charge in [-0.25, -0.2) is 0 Å². The Kier molecular flexibility index (Phi) is 6.75. The number of nitro groups is 1. The summed E-state index contributed by atoms with van der Waals surface area (Å²) in [5, 5.41) is 17.8. The van der Waals surface area contributed by atoms with Crippen molar-refractivity contribution in [1.82, 2.24) is 9.78 Å². The highest BCUT2D eigenvalue weighted by atomic mass is 19.4. The van der Waals surface area contributed by atoms with Crippen molar-refractivity contribution < 1.29 is 27.6 Å². The van der Waals surface area contributed by atoms with Crippen molar-refractivity contribution in [1.29, 1.82) is 0 Å². The van der Waals surface area contributed by atoms with Crippen LogP contribution in [0.25, 0.3) is 0 Å². The van der Waals surface area contributed by atoms with E-state index in [0.717, 1.165) is 30.0 Å². The van der Waals surface area contributed by atoms with E-state index in [1.54, 1.807) is 19.1 Å². The zero-order chi connectivity index (χ0) is 26.2. The SMILES string of the molecule is Cc1cc(C)cc(Oc2cc(NC(=O)C(C)Cn3nc(C(F)(F)F)cc3C3CC3)cc([N+](=O)[O-])c2)c1. The van der Waals surface area contributed by atoms with Crippen LogP contribution in [0.1, 0.15) is 48.2 Å². The summed E-state index contributed by atoms with van der Waals surface area (Å²) in [4.78, 5) is 23.7. The molecule has 1 atom stereocenters. The van der Waals surface area contributed by atoms with Gasteiger partial charge in [0.15, 0.2) is 5.69 Å². The van der Waals surface area contributed by atoms with Crippen LogP contribution in [0.3, 0.4) is 0 Å². The molecule has 1 heterocycles. The normalized spacial score (nSPS) is 14.4. The topological polar surface area (TPSA) is 99.3 Å². The van der Waals surface area contributed by atoms with Gasteiger partial charge in [-0.1, -0.05) is 13.0 Å². The van der Waals surface area contributed by atoms with E-state index in [1.807, 2.05) is 19.9 Å². The molecule has 1 unspecified atom stereocenters. The smallest absolute Gasteiger partial charge is 0.435 e. The van der Waals surface area contributed by atoms with Crippen LogP contribution in [0.2, 0.25) is 0 Å². The molecule has 1 amide bonds. The first kappa shape index (κ1) is 25.2. The van der Waals surface area contributed by atoms with E-state index in [2.05, 4.69) is 10.4 Å². The highest BCUT2D eigenvalue weighted by Gasteiger charge is 2.38. The molecule has 190 valence electrons. The molecule has 11 heteroatoms. The zero-order valence-corrected chi connectivity index (χ0v) is 19.9. The Bertz CT molecular complexity index is 1290. The van der Waals surface area contributed by atoms with Crippen LogP contribution in [-0.4, -0.2) is 20.6 Å². The first-order valence-electron chi connectivity index (χ1n) is 11.4. The highest BCUT2D eigenvalue weighted by Crippen LogP contribution is 2.42.